The van der Waals surface area contributed by atoms with Crippen LogP contribution in [0.4, 0.5) is 0 Å². The van der Waals surface area contributed by atoms with Gasteiger partial charge in [-0.25, -0.2) is 8.42 Å². The smallest absolute Gasteiger partial charge is 0.147 e. The lowest BCUT2D eigenvalue weighted by Gasteiger charge is -2.10. The summed E-state index contributed by atoms with van der Waals surface area (Å²) >= 11 is 0. The predicted molar refractivity (Wildman–Crippen MR) is 73.3 cm³/mol. The van der Waals surface area contributed by atoms with Crippen LogP contribution >= 0.6 is 0 Å². The highest BCUT2D eigenvalue weighted by atomic mass is 32.2. The molecule has 1 heterocycles. The second-order valence-electron chi connectivity index (χ2n) is 4.70. The summed E-state index contributed by atoms with van der Waals surface area (Å²) < 4.78 is 23.8. The summed E-state index contributed by atoms with van der Waals surface area (Å²) in [5.41, 5.74) is 1.14. The lowest BCUT2D eigenvalue weighted by molar-refractivity contribution is 0.563. The molecule has 0 saturated heterocycles. The molecule has 0 radical (unpaired) electrons. The molecule has 1 atom stereocenters. The molecule has 1 N–H and O–H groups in total. The fraction of sp³-hybridized carbons (Fsp3) is 0.750. The van der Waals surface area contributed by atoms with E-state index in [1.807, 2.05) is 17.1 Å². The van der Waals surface area contributed by atoms with Crippen molar-refractivity contribution in [2.75, 3.05) is 18.6 Å². The fourth-order valence-electron chi connectivity index (χ4n) is 1.69. The highest BCUT2D eigenvalue weighted by Crippen LogP contribution is 2.11. The summed E-state index contributed by atoms with van der Waals surface area (Å²) in [7, 11) is -2.87. The molecule has 0 aromatic carbocycles. The molecule has 0 saturated carbocycles. The van der Waals surface area contributed by atoms with Crippen LogP contribution in [0, 0.1) is 0 Å². The highest BCUT2D eigenvalue weighted by molar-refractivity contribution is 7.90. The van der Waals surface area contributed by atoms with Crippen molar-refractivity contribution in [3.8, 4) is 0 Å². The number of rotatable bonds is 8. The van der Waals surface area contributed by atoms with Crippen LogP contribution < -0.4 is 5.32 Å². The Balaban J connectivity index is 2.43. The number of hydrogen-bond donors (Lipinski definition) is 1. The number of aromatic nitrogens is 2. The third kappa shape index (κ3) is 5.64. The van der Waals surface area contributed by atoms with E-state index in [1.54, 1.807) is 0 Å². The Morgan fingerprint density at radius 2 is 2.22 bits per heavy atom. The fourth-order valence-corrected chi connectivity index (χ4v) is 2.35. The molecule has 0 fully saturated rings. The number of hydrogen-bond acceptors (Lipinski definition) is 4. The molecule has 18 heavy (non-hydrogen) atoms. The molecule has 1 rings (SSSR count). The first kappa shape index (κ1) is 15.2. The normalized spacial score (nSPS) is 13.7. The van der Waals surface area contributed by atoms with E-state index in [9.17, 15) is 8.42 Å². The van der Waals surface area contributed by atoms with Crippen molar-refractivity contribution in [1.29, 1.82) is 0 Å². The van der Waals surface area contributed by atoms with Gasteiger partial charge in [0.1, 0.15) is 9.84 Å². The van der Waals surface area contributed by atoms with Gasteiger partial charge < -0.3 is 5.32 Å². The zero-order chi connectivity index (χ0) is 13.6. The van der Waals surface area contributed by atoms with E-state index >= 15 is 0 Å². The number of sulfone groups is 1. The summed E-state index contributed by atoms with van der Waals surface area (Å²) in [6, 6.07) is 0.286. The molecule has 0 aliphatic heterocycles. The molecule has 0 aliphatic rings. The molecule has 5 nitrogen and oxygen atoms in total. The largest absolute Gasteiger partial charge is 0.310 e. The van der Waals surface area contributed by atoms with Crippen LogP contribution in [-0.4, -0.2) is 36.8 Å². The molecule has 0 amide bonds. The zero-order valence-electron chi connectivity index (χ0n) is 11.4. The Labute approximate surface area is 109 Å². The average Bonchev–Trinajstić information content (AvgIpc) is 2.73. The van der Waals surface area contributed by atoms with E-state index < -0.39 is 9.84 Å². The van der Waals surface area contributed by atoms with E-state index in [-0.39, 0.29) is 11.8 Å². The van der Waals surface area contributed by atoms with Crippen molar-refractivity contribution in [2.24, 2.45) is 0 Å². The maximum Gasteiger partial charge on any atom is 0.147 e. The van der Waals surface area contributed by atoms with Crippen molar-refractivity contribution in [3.05, 3.63) is 18.0 Å². The standard InChI is InChI=1S/C12H23N3O2S/c1-4-6-13-11(2)12-9-14-15(10-12)7-5-8-18(3,16)17/h9-11,13H,4-8H2,1-3H3. The summed E-state index contributed by atoms with van der Waals surface area (Å²) in [4.78, 5) is 0. The van der Waals surface area contributed by atoms with E-state index in [4.69, 9.17) is 0 Å². The van der Waals surface area contributed by atoms with Crippen molar-refractivity contribution in [1.82, 2.24) is 15.1 Å². The third-order valence-electron chi connectivity index (χ3n) is 2.76. The minimum absolute atomic E-state index is 0.214. The molecule has 6 heteroatoms. The molecular weight excluding hydrogens is 250 g/mol. The van der Waals surface area contributed by atoms with Gasteiger partial charge in [-0.2, -0.15) is 5.10 Å². The van der Waals surface area contributed by atoms with Crippen molar-refractivity contribution < 1.29 is 8.42 Å². The van der Waals surface area contributed by atoms with E-state index in [0.29, 0.717) is 13.0 Å². The second kappa shape index (κ2) is 6.89. The van der Waals surface area contributed by atoms with Crippen LogP contribution in [0.3, 0.4) is 0 Å². The van der Waals surface area contributed by atoms with Gasteiger partial charge in [0.15, 0.2) is 0 Å². The SMILES string of the molecule is CCCNC(C)c1cnn(CCCS(C)(=O)=O)c1. The first-order valence-corrected chi connectivity index (χ1v) is 8.42. The Morgan fingerprint density at radius 3 is 2.83 bits per heavy atom. The Hall–Kier alpha value is -0.880. The maximum absolute atomic E-state index is 11.0. The minimum Gasteiger partial charge on any atom is -0.310 e. The predicted octanol–water partition coefficient (Wildman–Crippen LogP) is 1.38. The lowest BCUT2D eigenvalue weighted by Crippen LogP contribution is -2.18. The topological polar surface area (TPSA) is 64.0 Å². The lowest BCUT2D eigenvalue weighted by atomic mass is 10.2. The maximum atomic E-state index is 11.0. The minimum atomic E-state index is -2.87. The molecule has 1 aromatic rings. The van der Waals surface area contributed by atoms with Gasteiger partial charge >= 0.3 is 0 Å². The average molecular weight is 273 g/mol. The van der Waals surface area contributed by atoms with Gasteiger partial charge in [-0.05, 0) is 26.3 Å². The van der Waals surface area contributed by atoms with E-state index in [0.717, 1.165) is 18.5 Å². The summed E-state index contributed by atoms with van der Waals surface area (Å²) in [5.74, 6) is 0.214. The molecule has 104 valence electrons. The Kier molecular flexibility index (Phi) is 5.81. The monoisotopic (exact) mass is 273 g/mol. The van der Waals surface area contributed by atoms with Gasteiger partial charge in [0.2, 0.25) is 0 Å². The van der Waals surface area contributed by atoms with Crippen LogP contribution in [0.1, 0.15) is 38.3 Å². The Morgan fingerprint density at radius 1 is 1.50 bits per heavy atom. The molecule has 0 aliphatic carbocycles. The second-order valence-corrected chi connectivity index (χ2v) is 6.96. The summed E-state index contributed by atoms with van der Waals surface area (Å²) in [6.07, 6.45) is 6.80. The van der Waals surface area contributed by atoms with E-state index in [1.165, 1.54) is 6.26 Å². The summed E-state index contributed by atoms with van der Waals surface area (Å²) in [5, 5.41) is 7.64. The number of aryl methyl sites for hydroxylation is 1. The van der Waals surface area contributed by atoms with Gasteiger partial charge in [0.25, 0.3) is 0 Å². The van der Waals surface area contributed by atoms with Gasteiger partial charge in [-0.3, -0.25) is 4.68 Å². The van der Waals surface area contributed by atoms with Crippen molar-refractivity contribution >= 4 is 9.84 Å². The Bertz CT molecular complexity index is 454. The van der Waals surface area contributed by atoms with Gasteiger partial charge in [0.05, 0.1) is 11.9 Å². The molecular formula is C12H23N3O2S. The summed E-state index contributed by atoms with van der Waals surface area (Å²) in [6.45, 7) is 5.87. The van der Waals surface area contributed by atoms with Crippen LogP contribution in [0.15, 0.2) is 12.4 Å². The molecule has 0 spiro atoms. The van der Waals surface area contributed by atoms with Gasteiger partial charge in [-0.1, -0.05) is 6.92 Å². The molecule has 1 unspecified atom stereocenters. The van der Waals surface area contributed by atoms with Crippen LogP contribution in [0.25, 0.3) is 0 Å². The third-order valence-corrected chi connectivity index (χ3v) is 3.79. The quantitative estimate of drug-likeness (QED) is 0.777. The van der Waals surface area contributed by atoms with Gasteiger partial charge in [-0.15, -0.1) is 0 Å². The van der Waals surface area contributed by atoms with Crippen LogP contribution in [0.2, 0.25) is 0 Å². The van der Waals surface area contributed by atoms with Crippen LogP contribution in [0.5, 0.6) is 0 Å². The first-order chi connectivity index (χ1) is 8.42. The number of nitrogens with one attached hydrogen (secondary N) is 1. The van der Waals surface area contributed by atoms with Crippen LogP contribution in [-0.2, 0) is 16.4 Å². The van der Waals surface area contributed by atoms with Crippen molar-refractivity contribution in [2.45, 2.75) is 39.3 Å². The van der Waals surface area contributed by atoms with Crippen molar-refractivity contribution in [3.63, 3.8) is 0 Å². The highest BCUT2D eigenvalue weighted by Gasteiger charge is 2.07. The molecule has 1 aromatic heterocycles. The molecule has 0 bridgehead atoms. The first-order valence-electron chi connectivity index (χ1n) is 6.36. The zero-order valence-corrected chi connectivity index (χ0v) is 12.2. The van der Waals surface area contributed by atoms with E-state index in [2.05, 4.69) is 24.3 Å². The van der Waals surface area contributed by atoms with Gasteiger partial charge in [0, 0.05) is 30.6 Å². The number of nitrogens with zero attached hydrogens (tertiary/aromatic N) is 2.